The fraction of sp³-hybridized carbons (Fsp3) is 0.462. The number of carbonyl (C=O) groups excluding carboxylic acids is 2. The van der Waals surface area contributed by atoms with Crippen molar-refractivity contribution in [1.82, 2.24) is 10.2 Å². The Morgan fingerprint density at radius 3 is 2.11 bits per heavy atom. The highest BCUT2D eigenvalue weighted by molar-refractivity contribution is 7.92. The lowest BCUT2D eigenvalue weighted by Gasteiger charge is -2.32. The molecule has 0 bridgehead atoms. The van der Waals surface area contributed by atoms with Gasteiger partial charge in [-0.15, -0.1) is 0 Å². The molecule has 10 heteroatoms. The molecule has 0 aliphatic heterocycles. The highest BCUT2D eigenvalue weighted by Crippen LogP contribution is 2.27. The van der Waals surface area contributed by atoms with Gasteiger partial charge in [-0.05, 0) is 57.9 Å². The molecule has 1 N–H and O–H groups in total. The Hall–Kier alpha value is -2.29. The smallest absolute Gasteiger partial charge is 0.243 e. The number of aryl methyl sites for hydroxylation is 1. The van der Waals surface area contributed by atoms with Crippen LogP contribution in [0.3, 0.4) is 0 Å². The molecule has 0 unspecified atom stereocenters. The first-order valence-corrected chi connectivity index (χ1v) is 14.5. The molecule has 0 saturated heterocycles. The van der Waals surface area contributed by atoms with E-state index in [0.717, 1.165) is 11.8 Å². The molecule has 0 saturated carbocycles. The van der Waals surface area contributed by atoms with Gasteiger partial charge in [0.25, 0.3) is 0 Å². The molecule has 0 heterocycles. The summed E-state index contributed by atoms with van der Waals surface area (Å²) in [7, 11) is -3.55. The fourth-order valence-corrected chi connectivity index (χ4v) is 5.35. The van der Waals surface area contributed by atoms with E-state index in [1.807, 2.05) is 39.8 Å². The first-order valence-electron chi connectivity index (χ1n) is 11.9. The number of sulfonamides is 1. The molecule has 2 rings (SSSR count). The number of nitrogens with zero attached hydrogens (tertiary/aromatic N) is 2. The van der Waals surface area contributed by atoms with Gasteiger partial charge in [-0.2, -0.15) is 0 Å². The van der Waals surface area contributed by atoms with Crippen molar-refractivity contribution >= 4 is 50.7 Å². The first-order chi connectivity index (χ1) is 16.8. The summed E-state index contributed by atoms with van der Waals surface area (Å²) in [5, 5.41) is 3.69. The summed E-state index contributed by atoms with van der Waals surface area (Å²) in [6, 6.07) is 11.4. The molecule has 2 aromatic carbocycles. The van der Waals surface area contributed by atoms with Crippen LogP contribution in [0.1, 0.15) is 51.2 Å². The Labute approximate surface area is 224 Å². The highest BCUT2D eigenvalue weighted by atomic mass is 35.5. The van der Waals surface area contributed by atoms with Crippen molar-refractivity contribution in [3.8, 4) is 0 Å². The third kappa shape index (κ3) is 8.39. The zero-order valence-corrected chi connectivity index (χ0v) is 23.8. The second-order valence-electron chi connectivity index (χ2n) is 9.08. The maximum absolute atomic E-state index is 13.5. The molecule has 198 valence electrons. The molecule has 0 aliphatic rings. The van der Waals surface area contributed by atoms with E-state index in [9.17, 15) is 18.0 Å². The molecule has 0 aliphatic carbocycles. The average molecular weight is 557 g/mol. The van der Waals surface area contributed by atoms with E-state index in [0.29, 0.717) is 27.7 Å². The Morgan fingerprint density at radius 2 is 1.61 bits per heavy atom. The SMILES string of the molecule is CC[C@H](C(=O)NC(C)C)N(Cc1c(Cl)cccc1Cl)C(=O)CCCN(c1ccc(C)cc1)S(C)(=O)=O. The third-order valence-corrected chi connectivity index (χ3v) is 7.58. The van der Waals surface area contributed by atoms with E-state index in [4.69, 9.17) is 23.2 Å². The summed E-state index contributed by atoms with van der Waals surface area (Å²) in [5.41, 5.74) is 2.11. The van der Waals surface area contributed by atoms with Crippen LogP contribution in [0.2, 0.25) is 10.0 Å². The molecule has 0 radical (unpaired) electrons. The Kier molecular flexibility index (Phi) is 11.1. The number of carbonyl (C=O) groups is 2. The van der Waals surface area contributed by atoms with Crippen LogP contribution < -0.4 is 9.62 Å². The van der Waals surface area contributed by atoms with Crippen molar-refractivity contribution in [2.45, 2.75) is 65.6 Å². The molecule has 0 fully saturated rings. The van der Waals surface area contributed by atoms with Gasteiger partial charge in [-0.3, -0.25) is 13.9 Å². The van der Waals surface area contributed by atoms with Gasteiger partial charge in [-0.25, -0.2) is 8.42 Å². The predicted molar refractivity (Wildman–Crippen MR) is 147 cm³/mol. The van der Waals surface area contributed by atoms with Gasteiger partial charge in [0.05, 0.1) is 11.9 Å². The minimum atomic E-state index is -3.55. The van der Waals surface area contributed by atoms with Gasteiger partial charge in [0, 0.05) is 41.2 Å². The van der Waals surface area contributed by atoms with Gasteiger partial charge in [-0.1, -0.05) is 53.9 Å². The van der Waals surface area contributed by atoms with Gasteiger partial charge in [0.1, 0.15) is 6.04 Å². The number of hydrogen-bond acceptors (Lipinski definition) is 4. The maximum atomic E-state index is 13.5. The molecule has 1 atom stereocenters. The van der Waals surface area contributed by atoms with Crippen molar-refractivity contribution in [2.24, 2.45) is 0 Å². The van der Waals surface area contributed by atoms with Gasteiger partial charge in [0.2, 0.25) is 21.8 Å². The largest absolute Gasteiger partial charge is 0.352 e. The van der Waals surface area contributed by atoms with Crippen LogP contribution >= 0.6 is 23.2 Å². The monoisotopic (exact) mass is 555 g/mol. The lowest BCUT2D eigenvalue weighted by atomic mass is 10.1. The van der Waals surface area contributed by atoms with Gasteiger partial charge in [0.15, 0.2) is 0 Å². The van der Waals surface area contributed by atoms with E-state index in [1.54, 1.807) is 30.3 Å². The van der Waals surface area contributed by atoms with E-state index < -0.39 is 16.1 Å². The average Bonchev–Trinajstić information content (AvgIpc) is 2.78. The number of halogens is 2. The number of nitrogens with one attached hydrogen (secondary N) is 1. The number of amides is 2. The van der Waals surface area contributed by atoms with E-state index in [1.165, 1.54) is 9.21 Å². The van der Waals surface area contributed by atoms with E-state index >= 15 is 0 Å². The van der Waals surface area contributed by atoms with Crippen molar-refractivity contribution in [3.05, 3.63) is 63.6 Å². The maximum Gasteiger partial charge on any atom is 0.243 e. The van der Waals surface area contributed by atoms with Crippen LogP contribution in [0.25, 0.3) is 0 Å². The fourth-order valence-electron chi connectivity index (χ4n) is 3.87. The molecule has 2 amide bonds. The van der Waals surface area contributed by atoms with E-state index in [2.05, 4.69) is 5.32 Å². The van der Waals surface area contributed by atoms with Crippen molar-refractivity contribution in [2.75, 3.05) is 17.1 Å². The van der Waals surface area contributed by atoms with Gasteiger partial charge >= 0.3 is 0 Å². The summed E-state index contributed by atoms with van der Waals surface area (Å²) in [6.07, 6.45) is 1.86. The second kappa shape index (κ2) is 13.3. The summed E-state index contributed by atoms with van der Waals surface area (Å²) in [6.45, 7) is 7.66. The second-order valence-corrected chi connectivity index (χ2v) is 11.8. The summed E-state index contributed by atoms with van der Waals surface area (Å²) >= 11 is 12.7. The van der Waals surface area contributed by atoms with Crippen molar-refractivity contribution in [3.63, 3.8) is 0 Å². The minimum absolute atomic E-state index is 0.0470. The highest BCUT2D eigenvalue weighted by Gasteiger charge is 2.30. The molecule has 2 aromatic rings. The molecular weight excluding hydrogens is 521 g/mol. The molecular formula is C26H35Cl2N3O4S. The Bertz CT molecular complexity index is 1130. The van der Waals surface area contributed by atoms with E-state index in [-0.39, 0.29) is 43.8 Å². The first kappa shape index (κ1) is 29.9. The van der Waals surface area contributed by atoms with Crippen LogP contribution in [0.5, 0.6) is 0 Å². The zero-order chi connectivity index (χ0) is 27.0. The lowest BCUT2D eigenvalue weighted by molar-refractivity contribution is -0.141. The molecule has 0 aromatic heterocycles. The summed E-state index contributed by atoms with van der Waals surface area (Å²) < 4.78 is 26.2. The van der Waals surface area contributed by atoms with Gasteiger partial charge < -0.3 is 10.2 Å². The van der Waals surface area contributed by atoms with Crippen LogP contribution in [-0.2, 0) is 26.2 Å². The van der Waals surface area contributed by atoms with Crippen LogP contribution in [0.15, 0.2) is 42.5 Å². The standard InChI is InChI=1S/C26H35Cl2N3O4S/c1-6-24(26(33)29-18(2)3)30(17-21-22(27)9-7-10-23(21)28)25(32)11-8-16-31(36(5,34)35)20-14-12-19(4)13-15-20/h7,9-10,12-15,18,24H,6,8,11,16-17H2,1-5H3,(H,29,33)/t24-/m1/s1. The number of anilines is 1. The van der Waals surface area contributed by atoms with Crippen LogP contribution in [-0.4, -0.2) is 50.0 Å². The quantitative estimate of drug-likeness (QED) is 0.391. The normalized spacial score (nSPS) is 12.3. The van der Waals surface area contributed by atoms with Crippen molar-refractivity contribution < 1.29 is 18.0 Å². The molecule has 36 heavy (non-hydrogen) atoms. The Morgan fingerprint density at radius 1 is 1.03 bits per heavy atom. The predicted octanol–water partition coefficient (Wildman–Crippen LogP) is 5.18. The Balaban J connectivity index is 2.27. The number of benzene rings is 2. The van der Waals surface area contributed by atoms with Crippen LogP contribution in [0.4, 0.5) is 5.69 Å². The zero-order valence-electron chi connectivity index (χ0n) is 21.4. The number of rotatable bonds is 12. The topological polar surface area (TPSA) is 86.8 Å². The molecule has 0 spiro atoms. The van der Waals surface area contributed by atoms with Crippen molar-refractivity contribution in [1.29, 1.82) is 0 Å². The number of hydrogen-bond donors (Lipinski definition) is 1. The minimum Gasteiger partial charge on any atom is -0.352 e. The lowest BCUT2D eigenvalue weighted by Crippen LogP contribution is -2.50. The molecule has 7 nitrogen and oxygen atoms in total. The summed E-state index contributed by atoms with van der Waals surface area (Å²) in [5.74, 6) is -0.546. The summed E-state index contributed by atoms with van der Waals surface area (Å²) in [4.78, 5) is 27.9. The third-order valence-electron chi connectivity index (χ3n) is 5.68. The van der Waals surface area contributed by atoms with Crippen LogP contribution in [0, 0.1) is 6.92 Å².